The van der Waals surface area contributed by atoms with Crippen molar-refractivity contribution >= 4 is 23.0 Å². The number of rotatable bonds is 5. The third-order valence-corrected chi connectivity index (χ3v) is 3.87. The second-order valence-electron chi connectivity index (χ2n) is 5.25. The molecule has 0 radical (unpaired) electrons. The topological polar surface area (TPSA) is 42.5 Å². The van der Waals surface area contributed by atoms with Crippen molar-refractivity contribution in [3.8, 4) is 11.5 Å². The van der Waals surface area contributed by atoms with Gasteiger partial charge in [-0.3, -0.25) is 0 Å². The van der Waals surface area contributed by atoms with Crippen molar-refractivity contribution < 1.29 is 9.47 Å². The zero-order valence-electron chi connectivity index (χ0n) is 13.8. The second-order valence-corrected chi connectivity index (χ2v) is 5.66. The number of hydrogen-bond acceptors (Lipinski definition) is 3. The highest BCUT2D eigenvalue weighted by Gasteiger charge is 2.11. The largest absolute Gasteiger partial charge is 0.493 e. The van der Waals surface area contributed by atoms with Crippen molar-refractivity contribution in [2.75, 3.05) is 19.5 Å². The first-order chi connectivity index (χ1) is 11.0. The summed E-state index contributed by atoms with van der Waals surface area (Å²) in [7, 11) is 3.25. The zero-order chi connectivity index (χ0) is 16.8. The van der Waals surface area contributed by atoms with Gasteiger partial charge in [-0.15, -0.1) is 0 Å². The summed E-state index contributed by atoms with van der Waals surface area (Å²) in [6, 6.07) is 13.9. The minimum absolute atomic E-state index is 0.0406. The Morgan fingerprint density at radius 1 is 1.04 bits per heavy atom. The van der Waals surface area contributed by atoms with E-state index in [-0.39, 0.29) is 6.04 Å². The SMILES string of the molecule is COc1ccc(C(C)NC(=S)Nc2ccccc2C)cc1OC. The van der Waals surface area contributed by atoms with Crippen LogP contribution in [0.25, 0.3) is 0 Å². The van der Waals surface area contributed by atoms with Gasteiger partial charge in [0.25, 0.3) is 0 Å². The van der Waals surface area contributed by atoms with Crippen molar-refractivity contribution in [2.45, 2.75) is 19.9 Å². The number of anilines is 1. The summed E-state index contributed by atoms with van der Waals surface area (Å²) in [5, 5.41) is 7.10. The molecule has 0 saturated carbocycles. The van der Waals surface area contributed by atoms with Gasteiger partial charge in [-0.2, -0.15) is 0 Å². The number of benzene rings is 2. The van der Waals surface area contributed by atoms with E-state index in [0.717, 1.165) is 16.8 Å². The molecule has 0 bridgehead atoms. The van der Waals surface area contributed by atoms with Gasteiger partial charge in [0.15, 0.2) is 16.6 Å². The smallest absolute Gasteiger partial charge is 0.171 e. The lowest BCUT2D eigenvalue weighted by Gasteiger charge is -2.19. The van der Waals surface area contributed by atoms with Crippen molar-refractivity contribution in [2.24, 2.45) is 0 Å². The molecule has 2 rings (SSSR count). The summed E-state index contributed by atoms with van der Waals surface area (Å²) in [6.07, 6.45) is 0. The number of nitrogens with one attached hydrogen (secondary N) is 2. The Morgan fingerprint density at radius 3 is 2.39 bits per heavy atom. The minimum Gasteiger partial charge on any atom is -0.493 e. The molecule has 0 aromatic heterocycles. The van der Waals surface area contributed by atoms with Crippen LogP contribution in [-0.2, 0) is 0 Å². The highest BCUT2D eigenvalue weighted by atomic mass is 32.1. The molecule has 1 atom stereocenters. The molecule has 5 heteroatoms. The molecule has 0 aliphatic heterocycles. The lowest BCUT2D eigenvalue weighted by molar-refractivity contribution is 0.354. The molecule has 0 aliphatic rings. The van der Waals surface area contributed by atoms with E-state index in [9.17, 15) is 0 Å². The van der Waals surface area contributed by atoms with Crippen molar-refractivity contribution in [1.82, 2.24) is 5.32 Å². The zero-order valence-corrected chi connectivity index (χ0v) is 14.7. The summed E-state index contributed by atoms with van der Waals surface area (Å²) in [5.41, 5.74) is 3.22. The Hall–Kier alpha value is -2.27. The van der Waals surface area contributed by atoms with Gasteiger partial charge in [-0.1, -0.05) is 24.3 Å². The van der Waals surface area contributed by atoms with E-state index in [1.54, 1.807) is 14.2 Å². The van der Waals surface area contributed by atoms with Gasteiger partial charge >= 0.3 is 0 Å². The van der Waals surface area contributed by atoms with Crippen LogP contribution in [0.4, 0.5) is 5.69 Å². The molecular formula is C18H22N2O2S. The maximum absolute atomic E-state index is 5.40. The van der Waals surface area contributed by atoms with Crippen LogP contribution in [0, 0.1) is 6.92 Å². The Kier molecular flexibility index (Phi) is 5.82. The predicted octanol–water partition coefficient (Wildman–Crippen LogP) is 4.06. The van der Waals surface area contributed by atoms with E-state index in [1.807, 2.05) is 56.3 Å². The first-order valence-corrected chi connectivity index (χ1v) is 7.81. The van der Waals surface area contributed by atoms with Gasteiger partial charge in [0.05, 0.1) is 20.3 Å². The summed E-state index contributed by atoms with van der Waals surface area (Å²) < 4.78 is 10.6. The molecule has 0 aliphatic carbocycles. The lowest BCUT2D eigenvalue weighted by atomic mass is 10.1. The first kappa shape index (κ1) is 17.1. The van der Waals surface area contributed by atoms with Crippen LogP contribution in [0.1, 0.15) is 24.1 Å². The number of methoxy groups -OCH3 is 2. The number of hydrogen-bond donors (Lipinski definition) is 2. The normalized spacial score (nSPS) is 11.5. The summed E-state index contributed by atoms with van der Waals surface area (Å²) in [4.78, 5) is 0. The molecule has 23 heavy (non-hydrogen) atoms. The highest BCUT2D eigenvalue weighted by molar-refractivity contribution is 7.80. The molecule has 2 aromatic carbocycles. The maximum atomic E-state index is 5.40. The predicted molar refractivity (Wildman–Crippen MR) is 98.5 cm³/mol. The third kappa shape index (κ3) is 4.36. The molecule has 2 N–H and O–H groups in total. The summed E-state index contributed by atoms with van der Waals surface area (Å²) >= 11 is 5.40. The Morgan fingerprint density at radius 2 is 1.74 bits per heavy atom. The van der Waals surface area contributed by atoms with Crippen LogP contribution >= 0.6 is 12.2 Å². The molecular weight excluding hydrogens is 308 g/mol. The average molecular weight is 330 g/mol. The van der Waals surface area contributed by atoms with Crippen LogP contribution in [0.5, 0.6) is 11.5 Å². The van der Waals surface area contributed by atoms with Gasteiger partial charge in [0, 0.05) is 5.69 Å². The van der Waals surface area contributed by atoms with Crippen LogP contribution in [0.3, 0.4) is 0 Å². The molecule has 0 fully saturated rings. The molecule has 1 unspecified atom stereocenters. The second kappa shape index (κ2) is 7.83. The van der Waals surface area contributed by atoms with Crippen LogP contribution in [0.2, 0.25) is 0 Å². The summed E-state index contributed by atoms with van der Waals surface area (Å²) in [6.45, 7) is 4.09. The number of thiocarbonyl (C=S) groups is 1. The summed E-state index contributed by atoms with van der Waals surface area (Å²) in [5.74, 6) is 1.42. The number of ether oxygens (including phenoxy) is 2. The molecule has 4 nitrogen and oxygen atoms in total. The van der Waals surface area contributed by atoms with Gasteiger partial charge in [0.1, 0.15) is 0 Å². The average Bonchev–Trinajstić information content (AvgIpc) is 2.56. The van der Waals surface area contributed by atoms with E-state index in [2.05, 4.69) is 10.6 Å². The number of aryl methyl sites for hydroxylation is 1. The van der Waals surface area contributed by atoms with E-state index in [0.29, 0.717) is 16.6 Å². The molecule has 0 saturated heterocycles. The van der Waals surface area contributed by atoms with E-state index < -0.39 is 0 Å². The maximum Gasteiger partial charge on any atom is 0.171 e. The fourth-order valence-electron chi connectivity index (χ4n) is 2.27. The molecule has 122 valence electrons. The number of para-hydroxylation sites is 1. The molecule has 0 amide bonds. The van der Waals surface area contributed by atoms with Gasteiger partial charge in [0.2, 0.25) is 0 Å². The Labute approximate surface area is 142 Å². The van der Waals surface area contributed by atoms with Crippen LogP contribution in [-0.4, -0.2) is 19.3 Å². The lowest BCUT2D eigenvalue weighted by Crippen LogP contribution is -2.31. The van der Waals surface area contributed by atoms with Gasteiger partial charge < -0.3 is 20.1 Å². The van der Waals surface area contributed by atoms with E-state index in [1.165, 1.54) is 0 Å². The van der Waals surface area contributed by atoms with E-state index >= 15 is 0 Å². The monoisotopic (exact) mass is 330 g/mol. The Balaban J connectivity index is 2.05. The van der Waals surface area contributed by atoms with E-state index in [4.69, 9.17) is 21.7 Å². The molecule has 0 spiro atoms. The Bertz CT molecular complexity index is 688. The van der Waals surface area contributed by atoms with Crippen molar-refractivity contribution in [3.05, 3.63) is 53.6 Å². The van der Waals surface area contributed by atoms with Crippen LogP contribution < -0.4 is 20.1 Å². The highest BCUT2D eigenvalue weighted by Crippen LogP contribution is 2.29. The fourth-order valence-corrected chi connectivity index (χ4v) is 2.56. The van der Waals surface area contributed by atoms with Crippen molar-refractivity contribution in [1.29, 1.82) is 0 Å². The van der Waals surface area contributed by atoms with Crippen molar-refractivity contribution in [3.63, 3.8) is 0 Å². The molecule has 2 aromatic rings. The van der Waals surface area contributed by atoms with Crippen LogP contribution in [0.15, 0.2) is 42.5 Å². The molecule has 0 heterocycles. The quantitative estimate of drug-likeness (QED) is 0.809. The van der Waals surface area contributed by atoms with Gasteiger partial charge in [-0.05, 0) is 55.4 Å². The fraction of sp³-hybridized carbons (Fsp3) is 0.278. The van der Waals surface area contributed by atoms with Gasteiger partial charge in [-0.25, -0.2) is 0 Å². The minimum atomic E-state index is 0.0406. The standard InChI is InChI=1S/C18H22N2O2S/c1-12-7-5-6-8-15(12)20-18(23)19-13(2)14-9-10-16(21-3)17(11-14)22-4/h5-11,13H,1-4H3,(H2,19,20,23). The third-order valence-electron chi connectivity index (χ3n) is 3.65. The first-order valence-electron chi connectivity index (χ1n) is 7.40.